The molecular formula is C62H120O6. The third-order valence-corrected chi connectivity index (χ3v) is 14.2. The highest BCUT2D eigenvalue weighted by Gasteiger charge is 2.19. The quantitative estimate of drug-likeness (QED) is 0.0343. The SMILES string of the molecule is CCCCCCCCCCCCCC(=O)OC[C@@H](COC(=O)CCCCCCCCCCCCCCCCCC(C)C)OC(=O)CCCCCCCCCCCCCCCCCCCCC(C)C. The first-order valence-corrected chi connectivity index (χ1v) is 30.7. The lowest BCUT2D eigenvalue weighted by molar-refractivity contribution is -0.167. The first-order valence-electron chi connectivity index (χ1n) is 30.7. The van der Waals surface area contributed by atoms with Crippen molar-refractivity contribution in [3.05, 3.63) is 0 Å². The lowest BCUT2D eigenvalue weighted by Crippen LogP contribution is -2.30. The van der Waals surface area contributed by atoms with E-state index in [1.165, 1.54) is 238 Å². The summed E-state index contributed by atoms with van der Waals surface area (Å²) in [6.07, 6.45) is 59.6. The van der Waals surface area contributed by atoms with Crippen LogP contribution in [0, 0.1) is 11.8 Å². The van der Waals surface area contributed by atoms with Gasteiger partial charge in [-0.25, -0.2) is 0 Å². The summed E-state index contributed by atoms with van der Waals surface area (Å²) >= 11 is 0. The Morgan fingerprint density at radius 3 is 0.721 bits per heavy atom. The molecular weight excluding hydrogens is 841 g/mol. The van der Waals surface area contributed by atoms with Gasteiger partial charge in [0.25, 0.3) is 0 Å². The van der Waals surface area contributed by atoms with Crippen molar-refractivity contribution in [3.8, 4) is 0 Å². The van der Waals surface area contributed by atoms with Gasteiger partial charge in [-0.15, -0.1) is 0 Å². The highest BCUT2D eigenvalue weighted by atomic mass is 16.6. The average molecular weight is 962 g/mol. The van der Waals surface area contributed by atoms with Crippen molar-refractivity contribution in [2.45, 2.75) is 355 Å². The molecule has 0 rings (SSSR count). The molecule has 0 heterocycles. The van der Waals surface area contributed by atoms with Crippen molar-refractivity contribution in [2.75, 3.05) is 13.2 Å². The van der Waals surface area contributed by atoms with E-state index in [4.69, 9.17) is 14.2 Å². The Bertz CT molecular complexity index is 1040. The molecule has 0 aliphatic rings. The van der Waals surface area contributed by atoms with Crippen LogP contribution in [0.5, 0.6) is 0 Å². The van der Waals surface area contributed by atoms with E-state index in [-0.39, 0.29) is 31.1 Å². The van der Waals surface area contributed by atoms with Crippen LogP contribution < -0.4 is 0 Å². The van der Waals surface area contributed by atoms with E-state index in [1.807, 2.05) is 0 Å². The molecule has 0 spiro atoms. The van der Waals surface area contributed by atoms with Crippen LogP contribution in [-0.2, 0) is 28.6 Å². The molecule has 0 unspecified atom stereocenters. The average Bonchev–Trinajstić information content (AvgIpc) is 3.31. The Balaban J connectivity index is 4.23. The van der Waals surface area contributed by atoms with E-state index in [0.29, 0.717) is 19.3 Å². The van der Waals surface area contributed by atoms with Crippen LogP contribution in [0.4, 0.5) is 0 Å². The van der Waals surface area contributed by atoms with Crippen molar-refractivity contribution >= 4 is 17.9 Å². The van der Waals surface area contributed by atoms with Gasteiger partial charge in [-0.1, -0.05) is 311 Å². The Labute approximate surface area is 425 Å². The predicted molar refractivity (Wildman–Crippen MR) is 293 cm³/mol. The molecule has 0 amide bonds. The molecule has 0 fully saturated rings. The van der Waals surface area contributed by atoms with Crippen molar-refractivity contribution in [2.24, 2.45) is 11.8 Å². The minimum absolute atomic E-state index is 0.0621. The van der Waals surface area contributed by atoms with Gasteiger partial charge in [0.2, 0.25) is 0 Å². The normalized spacial score (nSPS) is 12.0. The second-order valence-corrected chi connectivity index (χ2v) is 22.3. The zero-order valence-corrected chi connectivity index (χ0v) is 46.7. The van der Waals surface area contributed by atoms with Crippen LogP contribution in [0.1, 0.15) is 349 Å². The van der Waals surface area contributed by atoms with E-state index in [2.05, 4.69) is 34.6 Å². The van der Waals surface area contributed by atoms with Gasteiger partial charge in [-0.05, 0) is 31.1 Å². The van der Waals surface area contributed by atoms with Gasteiger partial charge < -0.3 is 14.2 Å². The highest BCUT2D eigenvalue weighted by molar-refractivity contribution is 5.71. The number of unbranched alkanes of at least 4 members (excludes halogenated alkanes) is 41. The molecule has 6 nitrogen and oxygen atoms in total. The van der Waals surface area contributed by atoms with Gasteiger partial charge in [0.05, 0.1) is 0 Å². The standard InChI is InChI=1S/C62H120O6/c1-6-7-8-9-10-11-25-32-37-42-47-52-60(63)66-55-59(56-67-61(64)53-48-43-38-33-28-23-20-16-18-22-27-31-36-41-46-51-58(4)5)68-62(65)54-49-44-39-34-29-24-19-15-13-12-14-17-21-26-30-35-40-45-50-57(2)3/h57-59H,6-56H2,1-5H3/t59-/m0/s1. The van der Waals surface area contributed by atoms with Gasteiger partial charge in [-0.3, -0.25) is 14.4 Å². The molecule has 0 N–H and O–H groups in total. The zero-order chi connectivity index (χ0) is 49.6. The number of hydrogen-bond acceptors (Lipinski definition) is 6. The first-order chi connectivity index (χ1) is 33.2. The van der Waals surface area contributed by atoms with Crippen LogP contribution in [0.25, 0.3) is 0 Å². The Hall–Kier alpha value is -1.59. The molecule has 0 saturated heterocycles. The molecule has 0 saturated carbocycles. The van der Waals surface area contributed by atoms with Gasteiger partial charge in [-0.2, -0.15) is 0 Å². The first kappa shape index (κ1) is 66.4. The molecule has 0 aromatic heterocycles. The molecule has 0 bridgehead atoms. The topological polar surface area (TPSA) is 78.9 Å². The van der Waals surface area contributed by atoms with Crippen LogP contribution in [0.2, 0.25) is 0 Å². The molecule has 0 aromatic rings. The molecule has 404 valence electrons. The van der Waals surface area contributed by atoms with Crippen LogP contribution in [0.15, 0.2) is 0 Å². The van der Waals surface area contributed by atoms with Crippen molar-refractivity contribution in [1.29, 1.82) is 0 Å². The van der Waals surface area contributed by atoms with Crippen LogP contribution in [0.3, 0.4) is 0 Å². The van der Waals surface area contributed by atoms with Gasteiger partial charge in [0.1, 0.15) is 13.2 Å². The fraction of sp³-hybridized carbons (Fsp3) is 0.952. The minimum atomic E-state index is -0.762. The number of carbonyl (C=O) groups is 3. The van der Waals surface area contributed by atoms with Gasteiger partial charge >= 0.3 is 17.9 Å². The van der Waals surface area contributed by atoms with Crippen LogP contribution >= 0.6 is 0 Å². The number of rotatable bonds is 56. The highest BCUT2D eigenvalue weighted by Crippen LogP contribution is 2.19. The number of ether oxygens (including phenoxy) is 3. The number of carbonyl (C=O) groups excluding carboxylic acids is 3. The summed E-state index contributed by atoms with van der Waals surface area (Å²) < 4.78 is 16.9. The lowest BCUT2D eigenvalue weighted by atomic mass is 10.0. The van der Waals surface area contributed by atoms with Crippen molar-refractivity contribution < 1.29 is 28.6 Å². The largest absolute Gasteiger partial charge is 0.462 e. The molecule has 0 radical (unpaired) electrons. The Kier molecular flexibility index (Phi) is 53.5. The maximum atomic E-state index is 12.9. The van der Waals surface area contributed by atoms with Gasteiger partial charge in [0, 0.05) is 19.3 Å². The Morgan fingerprint density at radius 2 is 0.485 bits per heavy atom. The molecule has 68 heavy (non-hydrogen) atoms. The Morgan fingerprint density at radius 1 is 0.279 bits per heavy atom. The van der Waals surface area contributed by atoms with Crippen LogP contribution in [-0.4, -0.2) is 37.2 Å². The van der Waals surface area contributed by atoms with E-state index in [9.17, 15) is 14.4 Å². The molecule has 0 aromatic carbocycles. The smallest absolute Gasteiger partial charge is 0.306 e. The van der Waals surface area contributed by atoms with E-state index in [0.717, 1.165) is 69.6 Å². The number of hydrogen-bond donors (Lipinski definition) is 0. The second-order valence-electron chi connectivity index (χ2n) is 22.3. The maximum Gasteiger partial charge on any atom is 0.306 e. The maximum absolute atomic E-state index is 12.9. The lowest BCUT2D eigenvalue weighted by Gasteiger charge is -2.18. The third-order valence-electron chi connectivity index (χ3n) is 14.2. The molecule has 1 atom stereocenters. The van der Waals surface area contributed by atoms with Crippen molar-refractivity contribution in [3.63, 3.8) is 0 Å². The van der Waals surface area contributed by atoms with E-state index < -0.39 is 6.10 Å². The third kappa shape index (κ3) is 55.3. The zero-order valence-electron chi connectivity index (χ0n) is 46.7. The summed E-state index contributed by atoms with van der Waals surface area (Å²) in [5.41, 5.74) is 0. The van der Waals surface area contributed by atoms with E-state index >= 15 is 0 Å². The van der Waals surface area contributed by atoms with Crippen molar-refractivity contribution in [1.82, 2.24) is 0 Å². The molecule has 0 aliphatic heterocycles. The number of esters is 3. The minimum Gasteiger partial charge on any atom is -0.462 e. The summed E-state index contributed by atoms with van der Waals surface area (Å²) in [6.45, 7) is 11.4. The molecule has 0 aliphatic carbocycles. The second kappa shape index (κ2) is 54.7. The van der Waals surface area contributed by atoms with E-state index in [1.54, 1.807) is 0 Å². The summed E-state index contributed by atoms with van der Waals surface area (Å²) in [6, 6.07) is 0. The molecule has 6 heteroatoms. The monoisotopic (exact) mass is 961 g/mol. The fourth-order valence-electron chi connectivity index (χ4n) is 9.58. The summed E-state index contributed by atoms with van der Waals surface area (Å²) in [4.78, 5) is 38.2. The predicted octanol–water partition coefficient (Wildman–Crippen LogP) is 20.4. The summed E-state index contributed by atoms with van der Waals surface area (Å²) in [5, 5.41) is 0. The van der Waals surface area contributed by atoms with Gasteiger partial charge in [0.15, 0.2) is 6.10 Å². The summed E-state index contributed by atoms with van der Waals surface area (Å²) in [7, 11) is 0. The summed E-state index contributed by atoms with van der Waals surface area (Å²) in [5.74, 6) is 0.872. The fourth-order valence-corrected chi connectivity index (χ4v) is 9.58.